The molecule has 2 amide bonds. The Labute approximate surface area is 141 Å². The van der Waals surface area contributed by atoms with Crippen molar-refractivity contribution in [2.75, 3.05) is 10.6 Å². The number of carbonyl (C=O) groups is 2. The summed E-state index contributed by atoms with van der Waals surface area (Å²) in [7, 11) is -3.98. The molecule has 0 bridgehead atoms. The van der Waals surface area contributed by atoms with Gasteiger partial charge in [0, 0.05) is 5.69 Å². The van der Waals surface area contributed by atoms with Crippen molar-refractivity contribution >= 4 is 44.5 Å². The van der Waals surface area contributed by atoms with Crippen molar-refractivity contribution in [3.63, 3.8) is 0 Å². The Morgan fingerprint density at radius 2 is 2.12 bits per heavy atom. The van der Waals surface area contributed by atoms with Crippen LogP contribution in [0.3, 0.4) is 0 Å². The van der Waals surface area contributed by atoms with Crippen LogP contribution in [0.15, 0.2) is 34.5 Å². The number of fused-ring (bicyclic) bond motifs is 1. The zero-order valence-corrected chi connectivity index (χ0v) is 14.0. The van der Waals surface area contributed by atoms with E-state index in [1.165, 1.54) is 17.5 Å². The zero-order chi connectivity index (χ0) is 17.5. The summed E-state index contributed by atoms with van der Waals surface area (Å²) in [5.74, 6) is -0.410. The highest BCUT2D eigenvalue weighted by molar-refractivity contribution is 7.89. The van der Waals surface area contributed by atoms with Gasteiger partial charge in [0.25, 0.3) is 11.8 Å². The first kappa shape index (κ1) is 16.4. The van der Waals surface area contributed by atoms with Crippen molar-refractivity contribution in [3.05, 3.63) is 34.5 Å². The third-order valence-corrected chi connectivity index (χ3v) is 5.31. The third kappa shape index (κ3) is 3.11. The van der Waals surface area contributed by atoms with Gasteiger partial charge in [-0.15, -0.1) is 11.3 Å². The second-order valence-corrected chi connectivity index (χ2v) is 7.52. The number of carbonyl (C=O) groups excluding carboxylic acids is 2. The molecule has 1 aliphatic rings. The van der Waals surface area contributed by atoms with E-state index < -0.39 is 22.0 Å². The Morgan fingerprint density at radius 3 is 2.83 bits per heavy atom. The van der Waals surface area contributed by atoms with Crippen LogP contribution in [0.5, 0.6) is 5.75 Å². The lowest BCUT2D eigenvalue weighted by molar-refractivity contribution is -0.122. The molecule has 10 heteroatoms. The zero-order valence-electron chi connectivity index (χ0n) is 12.4. The molecule has 24 heavy (non-hydrogen) atoms. The summed E-state index contributed by atoms with van der Waals surface area (Å²) in [6, 6.07) is 6.00. The molecule has 0 saturated carbocycles. The monoisotopic (exact) mass is 367 g/mol. The van der Waals surface area contributed by atoms with Crippen molar-refractivity contribution < 1.29 is 22.7 Å². The van der Waals surface area contributed by atoms with Crippen LogP contribution in [0.4, 0.5) is 11.4 Å². The van der Waals surface area contributed by atoms with Crippen LogP contribution in [-0.4, -0.2) is 26.3 Å². The fourth-order valence-electron chi connectivity index (χ4n) is 2.16. The standard InChI is InChI=1S/C14H13N3O5S2/c1-7-13(18)17-9-6-8(2-3-10(9)22-7)16-14(19)12-11(4-5-23-12)24(15,20)21/h2-7H,1H3,(H,16,19)(H,17,18)(H2,15,20,21). The fourth-order valence-corrected chi connectivity index (χ4v) is 4.03. The number of thiophene rings is 1. The maximum Gasteiger partial charge on any atom is 0.267 e. The minimum Gasteiger partial charge on any atom is -0.479 e. The van der Waals surface area contributed by atoms with E-state index in [0.717, 1.165) is 11.3 Å². The van der Waals surface area contributed by atoms with Crippen molar-refractivity contribution in [1.29, 1.82) is 0 Å². The molecule has 8 nitrogen and oxygen atoms in total. The fraction of sp³-hybridized carbons (Fsp3) is 0.143. The molecule has 1 atom stereocenters. The summed E-state index contributed by atoms with van der Waals surface area (Å²) < 4.78 is 28.4. The Balaban J connectivity index is 1.85. The van der Waals surface area contributed by atoms with Crippen molar-refractivity contribution in [1.82, 2.24) is 0 Å². The highest BCUT2D eigenvalue weighted by Gasteiger charge is 2.25. The largest absolute Gasteiger partial charge is 0.479 e. The normalized spacial score (nSPS) is 16.8. The van der Waals surface area contributed by atoms with Crippen LogP contribution >= 0.6 is 11.3 Å². The lowest BCUT2D eigenvalue weighted by atomic mass is 10.2. The lowest BCUT2D eigenvalue weighted by Crippen LogP contribution is -2.34. The number of amides is 2. The molecule has 0 aliphatic carbocycles. The minimum absolute atomic E-state index is 0.0101. The summed E-state index contributed by atoms with van der Waals surface area (Å²) in [4.78, 5) is 23.7. The highest BCUT2D eigenvalue weighted by Crippen LogP contribution is 2.32. The first-order chi connectivity index (χ1) is 11.3. The molecule has 0 radical (unpaired) electrons. The molecule has 3 rings (SSSR count). The average molecular weight is 367 g/mol. The maximum absolute atomic E-state index is 12.3. The molecule has 4 N–H and O–H groups in total. The van der Waals surface area contributed by atoms with Gasteiger partial charge < -0.3 is 15.4 Å². The molecule has 2 heterocycles. The van der Waals surface area contributed by atoms with Crippen LogP contribution in [-0.2, 0) is 14.8 Å². The van der Waals surface area contributed by atoms with Crippen LogP contribution in [0.25, 0.3) is 0 Å². The summed E-state index contributed by atoms with van der Waals surface area (Å²) in [5.41, 5.74) is 0.805. The average Bonchev–Trinajstić information content (AvgIpc) is 2.98. The van der Waals surface area contributed by atoms with Gasteiger partial charge in [-0.3, -0.25) is 9.59 Å². The van der Waals surface area contributed by atoms with Crippen molar-refractivity contribution in [2.24, 2.45) is 5.14 Å². The van der Waals surface area contributed by atoms with Gasteiger partial charge in [-0.05, 0) is 36.6 Å². The van der Waals surface area contributed by atoms with E-state index >= 15 is 0 Å². The Morgan fingerprint density at radius 1 is 1.38 bits per heavy atom. The van der Waals surface area contributed by atoms with E-state index in [-0.39, 0.29) is 15.7 Å². The van der Waals surface area contributed by atoms with Gasteiger partial charge in [-0.1, -0.05) is 0 Å². The van der Waals surface area contributed by atoms with Crippen LogP contribution in [0.1, 0.15) is 16.6 Å². The van der Waals surface area contributed by atoms with E-state index in [0.29, 0.717) is 17.1 Å². The summed E-state index contributed by atoms with van der Waals surface area (Å²) >= 11 is 0.968. The molecule has 1 aliphatic heterocycles. The van der Waals surface area contributed by atoms with E-state index in [4.69, 9.17) is 9.88 Å². The molecule has 1 unspecified atom stereocenters. The predicted octanol–water partition coefficient (Wildman–Crippen LogP) is 1.37. The SMILES string of the molecule is CC1Oc2ccc(NC(=O)c3sccc3S(N)(=O)=O)cc2NC1=O. The third-order valence-electron chi connectivity index (χ3n) is 3.31. The van der Waals surface area contributed by atoms with Crippen LogP contribution in [0, 0.1) is 0 Å². The molecular formula is C14H13N3O5S2. The van der Waals surface area contributed by atoms with Gasteiger partial charge in [0.1, 0.15) is 15.5 Å². The molecular weight excluding hydrogens is 354 g/mol. The molecule has 0 fully saturated rings. The molecule has 1 aromatic carbocycles. The van der Waals surface area contributed by atoms with Gasteiger partial charge in [-0.2, -0.15) is 0 Å². The summed E-state index contributed by atoms with van der Waals surface area (Å²) in [5, 5.41) is 11.8. The summed E-state index contributed by atoms with van der Waals surface area (Å²) in [6.45, 7) is 1.62. The molecule has 0 saturated heterocycles. The Bertz CT molecular complexity index is 936. The number of rotatable bonds is 3. The smallest absolute Gasteiger partial charge is 0.267 e. The summed E-state index contributed by atoms with van der Waals surface area (Å²) in [6.07, 6.45) is -0.596. The number of primary sulfonamides is 1. The number of nitrogens with two attached hydrogens (primary N) is 1. The molecule has 0 spiro atoms. The maximum atomic E-state index is 12.3. The number of hydrogen-bond acceptors (Lipinski definition) is 6. The van der Waals surface area contributed by atoms with Crippen LogP contribution < -0.4 is 20.5 Å². The van der Waals surface area contributed by atoms with E-state index in [2.05, 4.69) is 10.6 Å². The van der Waals surface area contributed by atoms with Gasteiger partial charge in [0.05, 0.1) is 5.69 Å². The second kappa shape index (κ2) is 5.89. The van der Waals surface area contributed by atoms with E-state index in [1.54, 1.807) is 19.1 Å². The first-order valence-corrected chi connectivity index (χ1v) is 9.21. The van der Waals surface area contributed by atoms with Gasteiger partial charge in [0.15, 0.2) is 6.10 Å². The van der Waals surface area contributed by atoms with Gasteiger partial charge >= 0.3 is 0 Å². The number of ether oxygens (including phenoxy) is 1. The quantitative estimate of drug-likeness (QED) is 0.755. The van der Waals surface area contributed by atoms with Gasteiger partial charge in [0.2, 0.25) is 10.0 Å². The predicted molar refractivity (Wildman–Crippen MR) is 88.8 cm³/mol. The number of benzene rings is 1. The van der Waals surface area contributed by atoms with Crippen LogP contribution in [0.2, 0.25) is 0 Å². The minimum atomic E-state index is -3.98. The number of sulfonamides is 1. The number of anilines is 2. The Hall–Kier alpha value is -2.43. The second-order valence-electron chi connectivity index (χ2n) is 5.07. The van der Waals surface area contributed by atoms with Crippen molar-refractivity contribution in [3.8, 4) is 5.75 Å². The Kier molecular flexibility index (Phi) is 4.03. The lowest BCUT2D eigenvalue weighted by Gasteiger charge is -2.23. The molecule has 1 aromatic heterocycles. The van der Waals surface area contributed by atoms with Crippen molar-refractivity contribution in [2.45, 2.75) is 17.9 Å². The van der Waals surface area contributed by atoms with E-state index in [1.807, 2.05) is 0 Å². The molecule has 126 valence electrons. The number of nitrogens with one attached hydrogen (secondary N) is 2. The topological polar surface area (TPSA) is 128 Å². The number of hydrogen-bond donors (Lipinski definition) is 3. The molecule has 2 aromatic rings. The highest BCUT2D eigenvalue weighted by atomic mass is 32.2. The van der Waals surface area contributed by atoms with Gasteiger partial charge in [-0.25, -0.2) is 13.6 Å². The first-order valence-electron chi connectivity index (χ1n) is 6.79. The van der Waals surface area contributed by atoms with E-state index in [9.17, 15) is 18.0 Å².